The van der Waals surface area contributed by atoms with E-state index in [0.29, 0.717) is 28.8 Å². The first-order valence-corrected chi connectivity index (χ1v) is 9.03. The van der Waals surface area contributed by atoms with Gasteiger partial charge in [-0.3, -0.25) is 0 Å². The van der Waals surface area contributed by atoms with Gasteiger partial charge in [0.2, 0.25) is 0 Å². The molecule has 3 rings (SSSR count). The van der Waals surface area contributed by atoms with Crippen LogP contribution in [0, 0.1) is 13.8 Å². The summed E-state index contributed by atoms with van der Waals surface area (Å²) in [5.41, 5.74) is 4.49. The molecule has 26 heavy (non-hydrogen) atoms. The minimum atomic E-state index is -0.112. The molecule has 0 atom stereocenters. The van der Waals surface area contributed by atoms with E-state index in [1.807, 2.05) is 4.90 Å². The number of benzene rings is 2. The second-order valence-corrected chi connectivity index (χ2v) is 7.07. The van der Waals surface area contributed by atoms with Gasteiger partial charge in [0, 0.05) is 37.6 Å². The van der Waals surface area contributed by atoms with Crippen molar-refractivity contribution in [2.24, 2.45) is 0 Å². The van der Waals surface area contributed by atoms with Crippen molar-refractivity contribution in [3.8, 4) is 0 Å². The lowest BCUT2D eigenvalue weighted by atomic mass is 10.1. The molecule has 0 aliphatic carbocycles. The molecule has 140 valence electrons. The third-order valence-corrected chi connectivity index (χ3v) is 5.39. The van der Waals surface area contributed by atoms with Crippen LogP contribution in [-0.4, -0.2) is 37.1 Å². The highest BCUT2D eigenvalue weighted by molar-refractivity contribution is 6.42. The minimum absolute atomic E-state index is 0. The molecule has 2 aromatic carbocycles. The van der Waals surface area contributed by atoms with Crippen LogP contribution in [0.4, 0.5) is 16.2 Å². The number of amides is 2. The molecule has 7 heteroatoms. The molecule has 1 fully saturated rings. The van der Waals surface area contributed by atoms with E-state index >= 15 is 0 Å². The molecule has 4 nitrogen and oxygen atoms in total. The Kier molecular flexibility index (Phi) is 7.04. The number of carbonyl (C=O) groups is 1. The van der Waals surface area contributed by atoms with Gasteiger partial charge in [0.25, 0.3) is 0 Å². The van der Waals surface area contributed by atoms with Crippen LogP contribution in [0.25, 0.3) is 0 Å². The number of rotatable bonds is 2. The van der Waals surface area contributed by atoms with E-state index in [-0.39, 0.29) is 18.4 Å². The normalized spacial score (nSPS) is 14.0. The van der Waals surface area contributed by atoms with Gasteiger partial charge in [-0.2, -0.15) is 0 Å². The molecule has 0 aromatic heterocycles. The molecule has 1 aliphatic heterocycles. The summed E-state index contributed by atoms with van der Waals surface area (Å²) in [6, 6.07) is 11.3. The van der Waals surface area contributed by atoms with Crippen molar-refractivity contribution in [1.29, 1.82) is 0 Å². The maximum absolute atomic E-state index is 12.4. The summed E-state index contributed by atoms with van der Waals surface area (Å²) in [7, 11) is 0. The molecule has 1 heterocycles. The standard InChI is InChI=1S/C19H21Cl2N3O.ClH/c1-13-4-3-5-18(14(13)2)23-8-10-24(11-9-23)19(25)22-15-6-7-16(20)17(21)12-15;/h3-7,12H,8-11H2,1-2H3,(H,22,25);1H. The van der Waals surface area contributed by atoms with Crippen molar-refractivity contribution < 1.29 is 4.79 Å². The summed E-state index contributed by atoms with van der Waals surface area (Å²) in [5.74, 6) is 0. The number of halogens is 3. The quantitative estimate of drug-likeness (QED) is 0.715. The molecule has 1 aliphatic rings. The number of hydrogen-bond acceptors (Lipinski definition) is 2. The monoisotopic (exact) mass is 413 g/mol. The second kappa shape index (κ2) is 8.85. The zero-order chi connectivity index (χ0) is 18.0. The molecule has 2 amide bonds. The summed E-state index contributed by atoms with van der Waals surface area (Å²) in [4.78, 5) is 16.6. The molecule has 0 unspecified atom stereocenters. The lowest BCUT2D eigenvalue weighted by Gasteiger charge is -2.37. The summed E-state index contributed by atoms with van der Waals surface area (Å²) >= 11 is 11.9. The van der Waals surface area contributed by atoms with Crippen molar-refractivity contribution in [3.63, 3.8) is 0 Å². The van der Waals surface area contributed by atoms with Crippen LogP contribution < -0.4 is 10.2 Å². The van der Waals surface area contributed by atoms with Gasteiger partial charge >= 0.3 is 6.03 Å². The Bertz CT molecular complexity index is 790. The van der Waals surface area contributed by atoms with E-state index in [1.54, 1.807) is 18.2 Å². The van der Waals surface area contributed by atoms with Gasteiger partial charge in [0.05, 0.1) is 10.0 Å². The van der Waals surface area contributed by atoms with Crippen LogP contribution in [0.1, 0.15) is 11.1 Å². The zero-order valence-electron chi connectivity index (χ0n) is 14.8. The fraction of sp³-hybridized carbons (Fsp3) is 0.316. The fourth-order valence-electron chi connectivity index (χ4n) is 3.01. The fourth-order valence-corrected chi connectivity index (χ4v) is 3.30. The van der Waals surface area contributed by atoms with Gasteiger partial charge in [-0.1, -0.05) is 35.3 Å². The Morgan fingerprint density at radius 1 is 1.00 bits per heavy atom. The number of nitrogens with one attached hydrogen (secondary N) is 1. The van der Waals surface area contributed by atoms with Crippen LogP contribution in [0.15, 0.2) is 36.4 Å². The maximum Gasteiger partial charge on any atom is 0.321 e. The van der Waals surface area contributed by atoms with E-state index in [0.717, 1.165) is 13.1 Å². The van der Waals surface area contributed by atoms with Crippen LogP contribution in [-0.2, 0) is 0 Å². The van der Waals surface area contributed by atoms with E-state index in [9.17, 15) is 4.79 Å². The highest BCUT2D eigenvalue weighted by Crippen LogP contribution is 2.26. The molecule has 1 saturated heterocycles. The molecular formula is C19H22Cl3N3O. The number of piperazine rings is 1. The topological polar surface area (TPSA) is 35.6 Å². The Balaban J connectivity index is 0.00000243. The molecule has 2 aromatic rings. The van der Waals surface area contributed by atoms with Crippen molar-refractivity contribution in [3.05, 3.63) is 57.6 Å². The number of carbonyl (C=O) groups excluding carboxylic acids is 1. The second-order valence-electron chi connectivity index (χ2n) is 6.25. The number of hydrogen-bond donors (Lipinski definition) is 1. The first-order valence-electron chi connectivity index (χ1n) is 8.28. The summed E-state index contributed by atoms with van der Waals surface area (Å²) in [6.45, 7) is 7.27. The first-order chi connectivity index (χ1) is 12.0. The molecule has 1 N–H and O–H groups in total. The van der Waals surface area contributed by atoms with Crippen LogP contribution in [0.5, 0.6) is 0 Å². The Morgan fingerprint density at radius 2 is 1.69 bits per heavy atom. The van der Waals surface area contributed by atoms with Gasteiger partial charge in [0.15, 0.2) is 0 Å². The average Bonchev–Trinajstić information content (AvgIpc) is 2.61. The number of aryl methyl sites for hydroxylation is 1. The lowest BCUT2D eigenvalue weighted by Crippen LogP contribution is -2.50. The van der Waals surface area contributed by atoms with Gasteiger partial charge < -0.3 is 15.1 Å². The molecular weight excluding hydrogens is 393 g/mol. The maximum atomic E-state index is 12.4. The van der Waals surface area contributed by atoms with Crippen molar-refractivity contribution in [1.82, 2.24) is 4.90 Å². The van der Waals surface area contributed by atoms with Crippen molar-refractivity contribution >= 4 is 53.0 Å². The predicted octanol–water partition coefficient (Wildman–Crippen LogP) is 5.39. The minimum Gasteiger partial charge on any atom is -0.368 e. The zero-order valence-corrected chi connectivity index (χ0v) is 17.1. The number of anilines is 2. The molecule has 0 saturated carbocycles. The highest BCUT2D eigenvalue weighted by atomic mass is 35.5. The van der Waals surface area contributed by atoms with E-state index in [2.05, 4.69) is 42.3 Å². The summed E-state index contributed by atoms with van der Waals surface area (Å²) < 4.78 is 0. The Hall–Kier alpha value is -1.62. The van der Waals surface area contributed by atoms with Gasteiger partial charge in [-0.05, 0) is 49.2 Å². The summed E-state index contributed by atoms with van der Waals surface area (Å²) in [6.07, 6.45) is 0. The van der Waals surface area contributed by atoms with E-state index in [1.165, 1.54) is 16.8 Å². The van der Waals surface area contributed by atoms with Gasteiger partial charge in [0.1, 0.15) is 0 Å². The SMILES string of the molecule is Cc1cccc(N2CCN(C(=O)Nc3ccc(Cl)c(Cl)c3)CC2)c1C.Cl. The van der Waals surface area contributed by atoms with Crippen LogP contribution in [0.2, 0.25) is 10.0 Å². The van der Waals surface area contributed by atoms with Crippen LogP contribution in [0.3, 0.4) is 0 Å². The molecule has 0 bridgehead atoms. The lowest BCUT2D eigenvalue weighted by molar-refractivity contribution is 0.208. The third-order valence-electron chi connectivity index (χ3n) is 4.65. The largest absolute Gasteiger partial charge is 0.368 e. The van der Waals surface area contributed by atoms with E-state index in [4.69, 9.17) is 23.2 Å². The van der Waals surface area contributed by atoms with Crippen LogP contribution >= 0.6 is 35.6 Å². The Labute approximate surface area is 170 Å². The van der Waals surface area contributed by atoms with E-state index < -0.39 is 0 Å². The third kappa shape index (κ3) is 4.56. The number of urea groups is 1. The Morgan fingerprint density at radius 3 is 2.35 bits per heavy atom. The smallest absolute Gasteiger partial charge is 0.321 e. The molecule has 0 radical (unpaired) electrons. The predicted molar refractivity (Wildman–Crippen MR) is 112 cm³/mol. The summed E-state index contributed by atoms with van der Waals surface area (Å²) in [5, 5.41) is 3.78. The van der Waals surface area contributed by atoms with Crippen molar-refractivity contribution in [2.75, 3.05) is 36.4 Å². The van der Waals surface area contributed by atoms with Crippen molar-refractivity contribution in [2.45, 2.75) is 13.8 Å². The van der Waals surface area contributed by atoms with Gasteiger partial charge in [-0.25, -0.2) is 4.79 Å². The van der Waals surface area contributed by atoms with Gasteiger partial charge in [-0.15, -0.1) is 12.4 Å². The molecule has 0 spiro atoms. The first kappa shape index (κ1) is 20.7. The average molecular weight is 415 g/mol. The number of nitrogens with zero attached hydrogens (tertiary/aromatic N) is 2. The highest BCUT2D eigenvalue weighted by Gasteiger charge is 2.22.